The van der Waals surface area contributed by atoms with Crippen LogP contribution in [0.3, 0.4) is 0 Å². The first kappa shape index (κ1) is 18.5. The fourth-order valence-corrected chi connectivity index (χ4v) is 3.24. The second kappa shape index (κ2) is 8.39. The number of rotatable bonds is 4. The monoisotopic (exact) mass is 349 g/mol. The molecule has 1 N–H and O–H groups in total. The summed E-state index contributed by atoms with van der Waals surface area (Å²) in [5, 5.41) is 3.55. The van der Waals surface area contributed by atoms with Crippen LogP contribution in [0.5, 0.6) is 0 Å². The standard InChI is InChI=1S/C23H31N3/c1-17(2)19-7-11-21(12-8-19)24-23(26-15-5-6-16-26)25-22-13-9-20(10-14-22)18(3)4/h7-14,17-18H,5-6,15-16H2,1-4H3,(H,24,25). The molecule has 1 aliphatic heterocycles. The molecule has 3 heteroatoms. The molecule has 2 aromatic rings. The average molecular weight is 350 g/mol. The highest BCUT2D eigenvalue weighted by atomic mass is 15.3. The van der Waals surface area contributed by atoms with Crippen LogP contribution in [0.15, 0.2) is 53.5 Å². The first-order valence-corrected chi connectivity index (χ1v) is 9.83. The lowest BCUT2D eigenvalue weighted by Gasteiger charge is -2.21. The third-order valence-corrected chi connectivity index (χ3v) is 5.03. The number of hydrogen-bond acceptors (Lipinski definition) is 1. The highest BCUT2D eigenvalue weighted by Gasteiger charge is 2.17. The van der Waals surface area contributed by atoms with Crippen LogP contribution in [-0.4, -0.2) is 23.9 Å². The van der Waals surface area contributed by atoms with Crippen molar-refractivity contribution in [2.45, 2.75) is 52.4 Å². The Morgan fingerprint density at radius 3 is 1.81 bits per heavy atom. The van der Waals surface area contributed by atoms with Crippen LogP contribution in [0.1, 0.15) is 63.5 Å². The molecule has 0 aliphatic carbocycles. The van der Waals surface area contributed by atoms with Gasteiger partial charge in [-0.2, -0.15) is 0 Å². The number of guanidine groups is 1. The molecule has 0 spiro atoms. The molecule has 0 unspecified atom stereocenters. The van der Waals surface area contributed by atoms with Crippen molar-refractivity contribution in [3.8, 4) is 0 Å². The quantitative estimate of drug-likeness (QED) is 0.531. The molecule has 1 fully saturated rings. The van der Waals surface area contributed by atoms with E-state index in [9.17, 15) is 0 Å². The van der Waals surface area contributed by atoms with Gasteiger partial charge >= 0.3 is 0 Å². The largest absolute Gasteiger partial charge is 0.342 e. The van der Waals surface area contributed by atoms with E-state index in [1.165, 1.54) is 24.0 Å². The van der Waals surface area contributed by atoms with E-state index in [0.717, 1.165) is 30.4 Å². The van der Waals surface area contributed by atoms with Gasteiger partial charge in [0, 0.05) is 18.8 Å². The number of likely N-dealkylation sites (tertiary alicyclic amines) is 1. The first-order chi connectivity index (χ1) is 12.5. The predicted octanol–water partition coefficient (Wildman–Crippen LogP) is 6.13. The molecule has 1 saturated heterocycles. The fraction of sp³-hybridized carbons (Fsp3) is 0.435. The van der Waals surface area contributed by atoms with Gasteiger partial charge in [-0.3, -0.25) is 0 Å². The zero-order chi connectivity index (χ0) is 18.5. The van der Waals surface area contributed by atoms with Crippen LogP contribution in [-0.2, 0) is 0 Å². The van der Waals surface area contributed by atoms with Crippen molar-refractivity contribution in [3.63, 3.8) is 0 Å². The number of hydrogen-bond donors (Lipinski definition) is 1. The van der Waals surface area contributed by atoms with Crippen LogP contribution < -0.4 is 5.32 Å². The van der Waals surface area contributed by atoms with Crippen LogP contribution in [0, 0.1) is 0 Å². The SMILES string of the molecule is CC(C)c1ccc(N=C(Nc2ccc(C(C)C)cc2)N2CCCC2)cc1. The average Bonchev–Trinajstić information content (AvgIpc) is 3.16. The van der Waals surface area contributed by atoms with Crippen molar-refractivity contribution >= 4 is 17.3 Å². The third kappa shape index (κ3) is 4.66. The Kier molecular flexibility index (Phi) is 5.97. The Bertz CT molecular complexity index is 721. The van der Waals surface area contributed by atoms with Crippen LogP contribution >= 0.6 is 0 Å². The molecule has 3 nitrogen and oxygen atoms in total. The maximum absolute atomic E-state index is 4.93. The Morgan fingerprint density at radius 1 is 0.808 bits per heavy atom. The van der Waals surface area contributed by atoms with Crippen LogP contribution in [0.25, 0.3) is 0 Å². The number of nitrogens with zero attached hydrogens (tertiary/aromatic N) is 2. The molecule has 0 bridgehead atoms. The molecular formula is C23H31N3. The minimum Gasteiger partial charge on any atom is -0.342 e. The zero-order valence-corrected chi connectivity index (χ0v) is 16.5. The van der Waals surface area contributed by atoms with Gasteiger partial charge in [0.15, 0.2) is 0 Å². The smallest absolute Gasteiger partial charge is 0.203 e. The summed E-state index contributed by atoms with van der Waals surface area (Å²) >= 11 is 0. The highest BCUT2D eigenvalue weighted by molar-refractivity contribution is 5.95. The number of anilines is 1. The van der Waals surface area contributed by atoms with Gasteiger partial charge in [-0.05, 0) is 60.1 Å². The van der Waals surface area contributed by atoms with E-state index in [-0.39, 0.29) is 0 Å². The second-order valence-electron chi connectivity index (χ2n) is 7.78. The molecule has 3 rings (SSSR count). The van der Waals surface area contributed by atoms with Gasteiger partial charge in [0.1, 0.15) is 0 Å². The van der Waals surface area contributed by atoms with Gasteiger partial charge in [0.05, 0.1) is 5.69 Å². The minimum atomic E-state index is 0.545. The summed E-state index contributed by atoms with van der Waals surface area (Å²) in [6, 6.07) is 17.3. The summed E-state index contributed by atoms with van der Waals surface area (Å²) in [4.78, 5) is 7.28. The molecule has 1 aliphatic rings. The molecular weight excluding hydrogens is 318 g/mol. The number of aliphatic imine (C=N–C) groups is 1. The Hall–Kier alpha value is -2.29. The van der Waals surface area contributed by atoms with Gasteiger partial charge in [-0.25, -0.2) is 4.99 Å². The van der Waals surface area contributed by atoms with Crippen molar-refractivity contribution in [1.82, 2.24) is 4.90 Å². The number of nitrogens with one attached hydrogen (secondary N) is 1. The molecule has 1 heterocycles. The van der Waals surface area contributed by atoms with Gasteiger partial charge in [0.25, 0.3) is 0 Å². The molecule has 0 aromatic heterocycles. The van der Waals surface area contributed by atoms with E-state index in [1.807, 2.05) is 0 Å². The van der Waals surface area contributed by atoms with Gasteiger partial charge < -0.3 is 10.2 Å². The van der Waals surface area contributed by atoms with Crippen LogP contribution in [0.4, 0.5) is 11.4 Å². The van der Waals surface area contributed by atoms with Crippen LogP contribution in [0.2, 0.25) is 0 Å². The van der Waals surface area contributed by atoms with Gasteiger partial charge in [0.2, 0.25) is 5.96 Å². The lowest BCUT2D eigenvalue weighted by molar-refractivity contribution is 0.518. The summed E-state index contributed by atoms with van der Waals surface area (Å²) in [7, 11) is 0. The Morgan fingerprint density at radius 2 is 1.31 bits per heavy atom. The van der Waals surface area contributed by atoms with Crippen molar-refractivity contribution < 1.29 is 0 Å². The van der Waals surface area contributed by atoms with Crippen molar-refractivity contribution in [3.05, 3.63) is 59.7 Å². The molecule has 26 heavy (non-hydrogen) atoms. The third-order valence-electron chi connectivity index (χ3n) is 5.03. The molecule has 0 radical (unpaired) electrons. The minimum absolute atomic E-state index is 0.545. The fourth-order valence-electron chi connectivity index (χ4n) is 3.24. The number of benzene rings is 2. The second-order valence-corrected chi connectivity index (χ2v) is 7.78. The highest BCUT2D eigenvalue weighted by Crippen LogP contribution is 2.22. The maximum atomic E-state index is 4.93. The Balaban J connectivity index is 1.82. The molecule has 138 valence electrons. The normalized spacial score (nSPS) is 15.2. The molecule has 0 amide bonds. The lowest BCUT2D eigenvalue weighted by atomic mass is 10.0. The lowest BCUT2D eigenvalue weighted by Crippen LogP contribution is -2.33. The maximum Gasteiger partial charge on any atom is 0.203 e. The summed E-state index contributed by atoms with van der Waals surface area (Å²) in [5.74, 6) is 2.05. The predicted molar refractivity (Wildman–Crippen MR) is 113 cm³/mol. The molecule has 0 saturated carbocycles. The zero-order valence-electron chi connectivity index (χ0n) is 16.5. The van der Waals surface area contributed by atoms with E-state index in [4.69, 9.17) is 4.99 Å². The van der Waals surface area contributed by atoms with Crippen molar-refractivity contribution in [2.24, 2.45) is 4.99 Å². The molecule has 2 aromatic carbocycles. The van der Waals surface area contributed by atoms with E-state index in [0.29, 0.717) is 11.8 Å². The first-order valence-electron chi connectivity index (χ1n) is 9.83. The van der Waals surface area contributed by atoms with E-state index in [1.54, 1.807) is 0 Å². The molecule has 0 atom stereocenters. The van der Waals surface area contributed by atoms with Crippen molar-refractivity contribution in [2.75, 3.05) is 18.4 Å². The van der Waals surface area contributed by atoms with E-state index < -0.39 is 0 Å². The summed E-state index contributed by atoms with van der Waals surface area (Å²) in [6.07, 6.45) is 2.47. The summed E-state index contributed by atoms with van der Waals surface area (Å²) in [6.45, 7) is 11.0. The van der Waals surface area contributed by atoms with Gasteiger partial charge in [-0.15, -0.1) is 0 Å². The van der Waals surface area contributed by atoms with Crippen molar-refractivity contribution in [1.29, 1.82) is 0 Å². The van der Waals surface area contributed by atoms with E-state index >= 15 is 0 Å². The summed E-state index contributed by atoms with van der Waals surface area (Å²) in [5.41, 5.74) is 4.81. The summed E-state index contributed by atoms with van der Waals surface area (Å²) < 4.78 is 0. The Labute approximate surface area is 158 Å². The topological polar surface area (TPSA) is 27.6 Å². The van der Waals surface area contributed by atoms with E-state index in [2.05, 4.69) is 86.4 Å². The van der Waals surface area contributed by atoms with Gasteiger partial charge in [-0.1, -0.05) is 52.0 Å².